The summed E-state index contributed by atoms with van der Waals surface area (Å²) in [6.07, 6.45) is 0.792. The molecule has 3 rings (SSSR count). The Morgan fingerprint density at radius 2 is 1.70 bits per heavy atom. The van der Waals surface area contributed by atoms with Gasteiger partial charge >= 0.3 is 0 Å². The first-order valence-corrected chi connectivity index (χ1v) is 8.26. The lowest BCUT2D eigenvalue weighted by Gasteiger charge is -2.37. The van der Waals surface area contributed by atoms with Crippen LogP contribution >= 0.6 is 0 Å². The molecular weight excluding hydrogens is 289 g/mol. The quantitative estimate of drug-likeness (QED) is 0.921. The number of rotatable bonds is 5. The fourth-order valence-corrected chi connectivity index (χ4v) is 3.19. The van der Waals surface area contributed by atoms with Crippen molar-refractivity contribution < 1.29 is 4.39 Å². The Labute approximate surface area is 137 Å². The highest BCUT2D eigenvalue weighted by Crippen LogP contribution is 2.24. The van der Waals surface area contributed by atoms with Crippen molar-refractivity contribution in [1.29, 1.82) is 0 Å². The van der Waals surface area contributed by atoms with Gasteiger partial charge in [0.25, 0.3) is 0 Å². The molecule has 1 aliphatic heterocycles. The van der Waals surface area contributed by atoms with E-state index in [1.807, 2.05) is 12.1 Å². The van der Waals surface area contributed by atoms with Crippen LogP contribution in [0.15, 0.2) is 48.5 Å². The van der Waals surface area contributed by atoms with E-state index in [9.17, 15) is 4.39 Å². The molecule has 2 aromatic rings. The van der Waals surface area contributed by atoms with E-state index < -0.39 is 0 Å². The van der Waals surface area contributed by atoms with Crippen molar-refractivity contribution in [1.82, 2.24) is 4.90 Å². The summed E-state index contributed by atoms with van der Waals surface area (Å²) in [5.41, 5.74) is 9.18. The third kappa shape index (κ3) is 4.09. The number of nitrogens with two attached hydrogens (primary N) is 1. The number of piperazine rings is 1. The van der Waals surface area contributed by atoms with Gasteiger partial charge in [0, 0.05) is 38.4 Å². The van der Waals surface area contributed by atoms with Gasteiger partial charge in [-0.3, -0.25) is 4.90 Å². The smallest absolute Gasteiger partial charge is 0.125 e. The van der Waals surface area contributed by atoms with Gasteiger partial charge in [-0.05, 0) is 36.2 Å². The van der Waals surface area contributed by atoms with Crippen LogP contribution < -0.4 is 10.6 Å². The minimum atomic E-state index is -0.174. The molecule has 2 aromatic carbocycles. The molecule has 0 radical (unpaired) electrons. The minimum absolute atomic E-state index is 0.174. The van der Waals surface area contributed by atoms with Crippen molar-refractivity contribution in [2.45, 2.75) is 13.0 Å². The van der Waals surface area contributed by atoms with Crippen molar-refractivity contribution in [3.63, 3.8) is 0 Å². The number of anilines is 1. The third-order valence-electron chi connectivity index (χ3n) is 4.42. The zero-order valence-electron chi connectivity index (χ0n) is 13.4. The minimum Gasteiger partial charge on any atom is -0.369 e. The fourth-order valence-electron chi connectivity index (χ4n) is 3.19. The van der Waals surface area contributed by atoms with E-state index in [4.69, 9.17) is 5.73 Å². The largest absolute Gasteiger partial charge is 0.369 e. The summed E-state index contributed by atoms with van der Waals surface area (Å²) in [4.78, 5) is 4.74. The van der Waals surface area contributed by atoms with Crippen LogP contribution in [0.1, 0.15) is 11.1 Å². The summed E-state index contributed by atoms with van der Waals surface area (Å²) in [5.74, 6) is -0.174. The highest BCUT2D eigenvalue weighted by Gasteiger charge is 2.19. The van der Waals surface area contributed by atoms with Crippen molar-refractivity contribution >= 4 is 5.69 Å². The van der Waals surface area contributed by atoms with Gasteiger partial charge in [-0.25, -0.2) is 4.39 Å². The number of benzene rings is 2. The van der Waals surface area contributed by atoms with Crippen LogP contribution in [0.2, 0.25) is 0 Å². The first-order valence-electron chi connectivity index (χ1n) is 8.26. The van der Waals surface area contributed by atoms with E-state index in [-0.39, 0.29) is 5.82 Å². The molecule has 0 saturated carbocycles. The monoisotopic (exact) mass is 313 g/mol. The molecule has 2 N–H and O–H groups in total. The predicted octanol–water partition coefficient (Wildman–Crippen LogP) is 2.65. The van der Waals surface area contributed by atoms with E-state index in [1.165, 1.54) is 11.6 Å². The van der Waals surface area contributed by atoms with Crippen LogP contribution in [0.3, 0.4) is 0 Å². The summed E-state index contributed by atoms with van der Waals surface area (Å²) >= 11 is 0. The maximum Gasteiger partial charge on any atom is 0.125 e. The van der Waals surface area contributed by atoms with Gasteiger partial charge in [0.2, 0.25) is 0 Å². The number of hydrogen-bond donors (Lipinski definition) is 1. The predicted molar refractivity (Wildman–Crippen MR) is 93.1 cm³/mol. The fraction of sp³-hybridized carbons (Fsp3) is 0.368. The molecule has 1 aliphatic rings. The van der Waals surface area contributed by atoms with Crippen LogP contribution in [0, 0.1) is 5.82 Å². The Balaban J connectivity index is 1.64. The second kappa shape index (κ2) is 7.57. The molecule has 0 bridgehead atoms. The van der Waals surface area contributed by atoms with E-state index in [0.717, 1.165) is 50.4 Å². The Kier molecular flexibility index (Phi) is 5.26. The molecule has 0 spiro atoms. The Hall–Kier alpha value is -1.91. The average molecular weight is 313 g/mol. The second-order valence-electron chi connectivity index (χ2n) is 6.06. The molecule has 122 valence electrons. The lowest BCUT2D eigenvalue weighted by Crippen LogP contribution is -2.46. The number of hydrogen-bond acceptors (Lipinski definition) is 3. The van der Waals surface area contributed by atoms with Gasteiger partial charge in [0.15, 0.2) is 0 Å². The standard InChI is InChI=1S/C19H24FN3/c20-18-7-6-17(8-9-21)19(14-18)23-12-10-22(11-13-23)15-16-4-2-1-3-5-16/h1-7,14H,8-13,15,21H2. The maximum atomic E-state index is 13.6. The van der Waals surface area contributed by atoms with Crippen molar-refractivity contribution in [3.8, 4) is 0 Å². The maximum absolute atomic E-state index is 13.6. The zero-order chi connectivity index (χ0) is 16.1. The molecule has 0 amide bonds. The SMILES string of the molecule is NCCc1ccc(F)cc1N1CCN(Cc2ccccc2)CC1. The lowest BCUT2D eigenvalue weighted by molar-refractivity contribution is 0.249. The van der Waals surface area contributed by atoms with Crippen LogP contribution in [-0.4, -0.2) is 37.6 Å². The molecule has 23 heavy (non-hydrogen) atoms. The molecule has 1 fully saturated rings. The van der Waals surface area contributed by atoms with Crippen LogP contribution in [0.25, 0.3) is 0 Å². The van der Waals surface area contributed by atoms with Crippen molar-refractivity contribution in [3.05, 3.63) is 65.5 Å². The first-order chi connectivity index (χ1) is 11.3. The van der Waals surface area contributed by atoms with Crippen LogP contribution in [0.4, 0.5) is 10.1 Å². The molecule has 0 unspecified atom stereocenters. The van der Waals surface area contributed by atoms with E-state index in [2.05, 4.69) is 34.1 Å². The average Bonchev–Trinajstić information content (AvgIpc) is 2.58. The summed E-state index contributed by atoms with van der Waals surface area (Å²) in [7, 11) is 0. The summed E-state index contributed by atoms with van der Waals surface area (Å²) < 4.78 is 13.6. The highest BCUT2D eigenvalue weighted by molar-refractivity contribution is 5.54. The van der Waals surface area contributed by atoms with Crippen LogP contribution in [0.5, 0.6) is 0 Å². The van der Waals surface area contributed by atoms with Gasteiger partial charge in [0.1, 0.15) is 5.82 Å². The molecule has 0 aliphatic carbocycles. The van der Waals surface area contributed by atoms with E-state index in [1.54, 1.807) is 6.07 Å². The molecule has 0 atom stereocenters. The van der Waals surface area contributed by atoms with Gasteiger partial charge in [-0.2, -0.15) is 0 Å². The summed E-state index contributed by atoms with van der Waals surface area (Å²) in [5, 5.41) is 0. The zero-order valence-corrected chi connectivity index (χ0v) is 13.4. The second-order valence-corrected chi connectivity index (χ2v) is 6.06. The Morgan fingerprint density at radius 3 is 2.39 bits per heavy atom. The van der Waals surface area contributed by atoms with Gasteiger partial charge in [0.05, 0.1) is 0 Å². The first kappa shape index (κ1) is 16.0. The van der Waals surface area contributed by atoms with Gasteiger partial charge in [-0.1, -0.05) is 36.4 Å². The lowest BCUT2D eigenvalue weighted by atomic mass is 10.1. The molecule has 0 aromatic heterocycles. The molecule has 4 heteroatoms. The number of nitrogens with zero attached hydrogens (tertiary/aromatic N) is 2. The topological polar surface area (TPSA) is 32.5 Å². The van der Waals surface area contributed by atoms with Gasteiger partial charge in [-0.15, -0.1) is 0 Å². The number of halogens is 1. The van der Waals surface area contributed by atoms with Crippen molar-refractivity contribution in [2.75, 3.05) is 37.6 Å². The third-order valence-corrected chi connectivity index (χ3v) is 4.42. The molecule has 3 nitrogen and oxygen atoms in total. The summed E-state index contributed by atoms with van der Waals surface area (Å²) in [6.45, 7) is 5.41. The Morgan fingerprint density at radius 1 is 0.957 bits per heavy atom. The van der Waals surface area contributed by atoms with Crippen LogP contribution in [-0.2, 0) is 13.0 Å². The Bertz CT molecular complexity index is 622. The highest BCUT2D eigenvalue weighted by atomic mass is 19.1. The molecule has 1 saturated heterocycles. The molecule has 1 heterocycles. The normalized spacial score (nSPS) is 15.8. The van der Waals surface area contributed by atoms with E-state index in [0.29, 0.717) is 6.54 Å². The molecular formula is C19H24FN3. The summed E-state index contributed by atoms with van der Waals surface area (Å²) in [6, 6.07) is 15.6. The van der Waals surface area contributed by atoms with E-state index >= 15 is 0 Å². The van der Waals surface area contributed by atoms with Crippen molar-refractivity contribution in [2.24, 2.45) is 5.73 Å². The van der Waals surface area contributed by atoms with Gasteiger partial charge < -0.3 is 10.6 Å².